The molecular weight excluding hydrogens is 471 g/mol. The molecule has 1 saturated heterocycles. The van der Waals surface area contributed by atoms with Crippen molar-refractivity contribution in [3.05, 3.63) is 65.2 Å². The Bertz CT molecular complexity index is 1020. The molecule has 8 heteroatoms. The van der Waals surface area contributed by atoms with E-state index in [-0.39, 0.29) is 18.7 Å². The number of rotatable bonds is 9. The van der Waals surface area contributed by atoms with Crippen LogP contribution in [0.3, 0.4) is 0 Å². The van der Waals surface area contributed by atoms with E-state index in [0.717, 1.165) is 49.2 Å². The van der Waals surface area contributed by atoms with Crippen LogP contribution in [0.25, 0.3) is 0 Å². The van der Waals surface area contributed by atoms with E-state index in [1.54, 1.807) is 24.3 Å². The highest BCUT2D eigenvalue weighted by Crippen LogP contribution is 2.36. The summed E-state index contributed by atoms with van der Waals surface area (Å²) in [6, 6.07) is 12.1. The molecule has 4 rings (SSSR count). The number of carboxylic acid groups (broad SMARTS) is 1. The second kappa shape index (κ2) is 11.4. The minimum Gasteiger partial charge on any atom is -0.493 e. The Hall–Kier alpha value is -3.03. The van der Waals surface area contributed by atoms with Gasteiger partial charge in [-0.15, -0.1) is 0 Å². The number of hydrogen-bond donors (Lipinski definition) is 1. The third-order valence-electron chi connectivity index (χ3n) is 7.45. The summed E-state index contributed by atoms with van der Waals surface area (Å²) >= 11 is 0. The van der Waals surface area contributed by atoms with Gasteiger partial charge in [0.2, 0.25) is 5.91 Å². The molecule has 0 radical (unpaired) electrons. The summed E-state index contributed by atoms with van der Waals surface area (Å²) in [5.41, 5.74) is 0.869. The molecule has 3 atom stereocenters. The molecule has 2 aromatic carbocycles. The number of alkyl halides is 3. The smallest absolute Gasteiger partial charge is 0.416 e. The van der Waals surface area contributed by atoms with E-state index < -0.39 is 23.6 Å². The number of amides is 1. The molecule has 1 heterocycles. The van der Waals surface area contributed by atoms with Gasteiger partial charge in [0.25, 0.3) is 0 Å². The predicted octanol–water partition coefficient (Wildman–Crippen LogP) is 5.61. The lowest BCUT2D eigenvalue weighted by molar-refractivity contribution is -0.145. The second-order valence-corrected chi connectivity index (χ2v) is 9.98. The first-order valence-electron chi connectivity index (χ1n) is 12.6. The van der Waals surface area contributed by atoms with Crippen LogP contribution in [0.15, 0.2) is 48.5 Å². The van der Waals surface area contributed by atoms with Crippen molar-refractivity contribution in [1.82, 2.24) is 4.90 Å². The van der Waals surface area contributed by atoms with Crippen LogP contribution in [0.1, 0.15) is 48.8 Å². The molecule has 0 aromatic heterocycles. The molecule has 1 unspecified atom stereocenters. The normalized spacial score (nSPS) is 20.6. The van der Waals surface area contributed by atoms with E-state index in [0.29, 0.717) is 30.6 Å². The topological polar surface area (TPSA) is 66.8 Å². The number of carbonyl (C=O) groups is 2. The summed E-state index contributed by atoms with van der Waals surface area (Å²) in [4.78, 5) is 26.6. The first-order chi connectivity index (χ1) is 17.2. The van der Waals surface area contributed by atoms with E-state index >= 15 is 0 Å². The van der Waals surface area contributed by atoms with Crippen molar-refractivity contribution in [1.29, 1.82) is 0 Å². The number of halogens is 3. The third-order valence-corrected chi connectivity index (χ3v) is 7.45. The SMILES string of the molecule is O=C(O)C(CC(=O)N1C[C@H]2CCCC[C@H]2C1)Cc1ccc(OCCc2ccc(C(F)(F)F)cc2)cc1. The Labute approximate surface area is 209 Å². The van der Waals surface area contributed by atoms with Gasteiger partial charge in [0, 0.05) is 25.9 Å². The van der Waals surface area contributed by atoms with Crippen molar-refractivity contribution in [2.24, 2.45) is 17.8 Å². The first-order valence-corrected chi connectivity index (χ1v) is 12.6. The van der Waals surface area contributed by atoms with Gasteiger partial charge in [0.1, 0.15) is 5.75 Å². The molecule has 5 nitrogen and oxygen atoms in total. The van der Waals surface area contributed by atoms with Crippen LogP contribution in [0.2, 0.25) is 0 Å². The average molecular weight is 504 g/mol. The molecule has 1 N–H and O–H groups in total. The Morgan fingerprint density at radius 2 is 1.53 bits per heavy atom. The van der Waals surface area contributed by atoms with Crippen LogP contribution in [-0.4, -0.2) is 41.6 Å². The molecule has 1 saturated carbocycles. The number of ether oxygens (including phenoxy) is 1. The lowest BCUT2D eigenvalue weighted by Gasteiger charge is -2.22. The Morgan fingerprint density at radius 3 is 2.08 bits per heavy atom. The zero-order chi connectivity index (χ0) is 25.7. The maximum atomic E-state index is 12.8. The van der Waals surface area contributed by atoms with Crippen LogP contribution in [0, 0.1) is 17.8 Å². The number of nitrogens with zero attached hydrogens (tertiary/aromatic N) is 1. The molecule has 36 heavy (non-hydrogen) atoms. The molecule has 194 valence electrons. The lowest BCUT2D eigenvalue weighted by atomic mass is 9.82. The van der Waals surface area contributed by atoms with Crippen LogP contribution in [-0.2, 0) is 28.6 Å². The van der Waals surface area contributed by atoms with Crippen LogP contribution >= 0.6 is 0 Å². The monoisotopic (exact) mass is 503 g/mol. The second-order valence-electron chi connectivity index (χ2n) is 9.98. The number of fused-ring (bicyclic) bond motifs is 1. The standard InChI is InChI=1S/C28H32F3NO4/c29-28(30,31)24-9-5-19(6-10-24)13-14-36-25-11-7-20(8-12-25)15-23(27(34)35)16-26(33)32-17-21-3-1-2-4-22(21)18-32/h5-12,21-23H,1-4,13-18H2,(H,34,35)/t21-,22+,23?. The van der Waals surface area contributed by atoms with Crippen molar-refractivity contribution in [2.45, 2.75) is 51.1 Å². The Kier molecular flexibility index (Phi) is 8.21. The number of carbonyl (C=O) groups excluding carboxylic acids is 1. The molecule has 2 aromatic rings. The average Bonchev–Trinajstić information content (AvgIpc) is 3.29. The summed E-state index contributed by atoms with van der Waals surface area (Å²) < 4.78 is 43.7. The van der Waals surface area contributed by atoms with Gasteiger partial charge in [-0.05, 0) is 66.5 Å². The minimum atomic E-state index is -4.35. The molecule has 1 aliphatic heterocycles. The molecule has 0 bridgehead atoms. The zero-order valence-electron chi connectivity index (χ0n) is 20.2. The highest BCUT2D eigenvalue weighted by Gasteiger charge is 2.37. The Balaban J connectivity index is 1.25. The number of carboxylic acids is 1. The predicted molar refractivity (Wildman–Crippen MR) is 129 cm³/mol. The van der Waals surface area contributed by atoms with Crippen molar-refractivity contribution in [2.75, 3.05) is 19.7 Å². The van der Waals surface area contributed by atoms with Gasteiger partial charge in [-0.3, -0.25) is 9.59 Å². The Morgan fingerprint density at radius 1 is 0.944 bits per heavy atom. The fourth-order valence-corrected chi connectivity index (χ4v) is 5.35. The highest BCUT2D eigenvalue weighted by atomic mass is 19.4. The quantitative estimate of drug-likeness (QED) is 0.483. The molecule has 0 spiro atoms. The number of benzene rings is 2. The largest absolute Gasteiger partial charge is 0.493 e. The van der Waals surface area contributed by atoms with Gasteiger partial charge in [0.05, 0.1) is 18.1 Å². The van der Waals surface area contributed by atoms with Crippen molar-refractivity contribution in [3.8, 4) is 5.75 Å². The van der Waals surface area contributed by atoms with E-state index in [1.165, 1.54) is 25.0 Å². The number of aliphatic carboxylic acids is 1. The molecule has 1 amide bonds. The molecular formula is C28H32F3NO4. The highest BCUT2D eigenvalue weighted by molar-refractivity contribution is 5.82. The number of hydrogen-bond acceptors (Lipinski definition) is 3. The number of likely N-dealkylation sites (tertiary alicyclic amines) is 1. The minimum absolute atomic E-state index is 0.000152. The van der Waals surface area contributed by atoms with E-state index in [1.807, 2.05) is 4.90 Å². The van der Waals surface area contributed by atoms with Crippen LogP contribution in [0.5, 0.6) is 5.75 Å². The van der Waals surface area contributed by atoms with Gasteiger partial charge in [0.15, 0.2) is 0 Å². The van der Waals surface area contributed by atoms with Crippen molar-refractivity contribution < 1.29 is 32.6 Å². The van der Waals surface area contributed by atoms with Crippen LogP contribution < -0.4 is 4.74 Å². The fraction of sp³-hybridized carbons (Fsp3) is 0.500. The maximum absolute atomic E-state index is 12.8. The van der Waals surface area contributed by atoms with Crippen molar-refractivity contribution in [3.63, 3.8) is 0 Å². The molecule has 2 fully saturated rings. The van der Waals surface area contributed by atoms with Crippen LogP contribution in [0.4, 0.5) is 13.2 Å². The van der Waals surface area contributed by atoms with E-state index in [4.69, 9.17) is 4.74 Å². The summed E-state index contributed by atoms with van der Waals surface area (Å²) in [5, 5.41) is 9.72. The summed E-state index contributed by atoms with van der Waals surface area (Å²) in [6.07, 6.45) is 1.13. The van der Waals surface area contributed by atoms with Gasteiger partial charge in [-0.2, -0.15) is 13.2 Å². The van der Waals surface area contributed by atoms with Gasteiger partial charge >= 0.3 is 12.1 Å². The van der Waals surface area contributed by atoms with E-state index in [9.17, 15) is 27.9 Å². The third kappa shape index (κ3) is 6.80. The summed E-state index contributed by atoms with van der Waals surface area (Å²) in [7, 11) is 0. The van der Waals surface area contributed by atoms with E-state index in [2.05, 4.69) is 0 Å². The van der Waals surface area contributed by atoms with Gasteiger partial charge in [-0.25, -0.2) is 0 Å². The fourth-order valence-electron chi connectivity index (χ4n) is 5.35. The van der Waals surface area contributed by atoms with Crippen molar-refractivity contribution >= 4 is 11.9 Å². The summed E-state index contributed by atoms with van der Waals surface area (Å²) in [6.45, 7) is 1.82. The van der Waals surface area contributed by atoms with Gasteiger partial charge in [-0.1, -0.05) is 37.1 Å². The van der Waals surface area contributed by atoms with Gasteiger partial charge < -0.3 is 14.7 Å². The molecule has 1 aliphatic carbocycles. The first kappa shape index (κ1) is 26.0. The zero-order valence-corrected chi connectivity index (χ0v) is 20.2. The maximum Gasteiger partial charge on any atom is 0.416 e. The lowest BCUT2D eigenvalue weighted by Crippen LogP contribution is -2.33. The molecule has 2 aliphatic rings. The summed E-state index contributed by atoms with van der Waals surface area (Å²) in [5.74, 6) is -0.104.